The van der Waals surface area contributed by atoms with Gasteiger partial charge in [-0.05, 0) is 48.9 Å². The summed E-state index contributed by atoms with van der Waals surface area (Å²) in [4.78, 5) is 0. The normalized spacial score (nSPS) is 12.3. The molecule has 1 atom stereocenters. The van der Waals surface area contributed by atoms with Crippen LogP contribution in [0, 0.1) is 0 Å². The van der Waals surface area contributed by atoms with Crippen molar-refractivity contribution in [3.8, 4) is 5.75 Å². The maximum atomic E-state index is 5.48. The van der Waals surface area contributed by atoms with E-state index in [1.807, 2.05) is 24.3 Å². The summed E-state index contributed by atoms with van der Waals surface area (Å²) in [5, 5.41) is 3.57. The van der Waals surface area contributed by atoms with Crippen molar-refractivity contribution in [2.45, 2.75) is 25.8 Å². The average Bonchev–Trinajstić information content (AvgIpc) is 2.97. The molecular weight excluding hydrogens is 318 g/mol. The molecule has 1 aromatic heterocycles. The smallest absolute Gasteiger partial charge is 0.119 e. The van der Waals surface area contributed by atoms with Gasteiger partial charge in [-0.25, -0.2) is 0 Å². The largest absolute Gasteiger partial charge is 0.497 e. The fourth-order valence-electron chi connectivity index (χ4n) is 2.16. The highest BCUT2D eigenvalue weighted by Gasteiger charge is 2.16. The van der Waals surface area contributed by atoms with E-state index in [1.54, 1.807) is 13.4 Å². The van der Waals surface area contributed by atoms with Crippen molar-refractivity contribution in [3.05, 3.63) is 52.4 Å². The minimum Gasteiger partial charge on any atom is -0.497 e. The number of methoxy groups -OCH3 is 1. The molecule has 0 fully saturated rings. The Labute approximate surface area is 128 Å². The number of ether oxygens (including phenoxy) is 1. The lowest BCUT2D eigenvalue weighted by Gasteiger charge is -2.20. The summed E-state index contributed by atoms with van der Waals surface area (Å²) in [5.41, 5.74) is 1.19. The molecule has 0 amide bonds. The van der Waals surface area contributed by atoms with Crippen LogP contribution in [-0.4, -0.2) is 13.7 Å². The molecule has 1 heterocycles. The van der Waals surface area contributed by atoms with Crippen LogP contribution in [0.2, 0.25) is 0 Å². The van der Waals surface area contributed by atoms with Crippen LogP contribution in [0.15, 0.2) is 45.5 Å². The summed E-state index contributed by atoms with van der Waals surface area (Å²) in [6.45, 7) is 3.13. The van der Waals surface area contributed by atoms with E-state index >= 15 is 0 Å². The molecule has 0 aliphatic heterocycles. The van der Waals surface area contributed by atoms with Gasteiger partial charge in [0.1, 0.15) is 11.5 Å². The van der Waals surface area contributed by atoms with E-state index in [-0.39, 0.29) is 6.04 Å². The number of rotatable bonds is 7. The molecule has 0 aliphatic carbocycles. The zero-order valence-corrected chi connectivity index (χ0v) is 13.4. The number of benzene rings is 1. The Balaban J connectivity index is 2.24. The van der Waals surface area contributed by atoms with Crippen molar-refractivity contribution in [2.75, 3.05) is 13.7 Å². The first-order valence-corrected chi connectivity index (χ1v) is 7.63. The van der Waals surface area contributed by atoms with E-state index in [0.29, 0.717) is 0 Å². The molecule has 0 saturated carbocycles. The minimum atomic E-state index is 0.200. The highest BCUT2D eigenvalue weighted by atomic mass is 79.9. The standard InChI is InChI=1S/C16H20BrNO2/c1-3-8-18-16(11-13-5-4-9-20-13)14-10-12(19-2)6-7-15(14)17/h4-7,9-10,16,18H,3,8,11H2,1-2H3. The van der Waals surface area contributed by atoms with E-state index in [1.165, 1.54) is 5.56 Å². The topological polar surface area (TPSA) is 34.4 Å². The number of halogens is 1. The SMILES string of the molecule is CCCNC(Cc1ccco1)c1cc(OC)ccc1Br. The highest BCUT2D eigenvalue weighted by Crippen LogP contribution is 2.30. The van der Waals surface area contributed by atoms with Gasteiger partial charge in [-0.3, -0.25) is 0 Å². The van der Waals surface area contributed by atoms with Gasteiger partial charge in [0.05, 0.1) is 13.4 Å². The summed E-state index contributed by atoms with van der Waals surface area (Å²) >= 11 is 3.63. The van der Waals surface area contributed by atoms with Gasteiger partial charge in [-0.1, -0.05) is 22.9 Å². The van der Waals surface area contributed by atoms with Crippen LogP contribution in [0.5, 0.6) is 5.75 Å². The molecule has 0 saturated heterocycles. The van der Waals surface area contributed by atoms with Crippen molar-refractivity contribution < 1.29 is 9.15 Å². The predicted molar refractivity (Wildman–Crippen MR) is 84.1 cm³/mol. The monoisotopic (exact) mass is 337 g/mol. The molecule has 20 heavy (non-hydrogen) atoms. The second kappa shape index (κ2) is 7.50. The van der Waals surface area contributed by atoms with Crippen LogP contribution < -0.4 is 10.1 Å². The van der Waals surface area contributed by atoms with Gasteiger partial charge in [0.25, 0.3) is 0 Å². The van der Waals surface area contributed by atoms with Crippen LogP contribution in [0.25, 0.3) is 0 Å². The molecule has 1 aromatic carbocycles. The lowest BCUT2D eigenvalue weighted by molar-refractivity contribution is 0.410. The third kappa shape index (κ3) is 3.87. The van der Waals surface area contributed by atoms with Gasteiger partial charge in [0.15, 0.2) is 0 Å². The predicted octanol–water partition coefficient (Wildman–Crippen LogP) is 4.33. The minimum absolute atomic E-state index is 0.200. The summed E-state index contributed by atoms with van der Waals surface area (Å²) in [5.74, 6) is 1.85. The highest BCUT2D eigenvalue weighted by molar-refractivity contribution is 9.10. The van der Waals surface area contributed by atoms with E-state index < -0.39 is 0 Å². The summed E-state index contributed by atoms with van der Waals surface area (Å²) in [7, 11) is 1.69. The molecule has 2 aromatic rings. The summed E-state index contributed by atoms with van der Waals surface area (Å²) in [6, 6.07) is 10.2. The van der Waals surface area contributed by atoms with Crippen LogP contribution >= 0.6 is 15.9 Å². The van der Waals surface area contributed by atoms with Gasteiger partial charge in [0.2, 0.25) is 0 Å². The zero-order chi connectivity index (χ0) is 14.4. The number of furan rings is 1. The molecule has 2 rings (SSSR count). The average molecular weight is 338 g/mol. The first-order chi connectivity index (χ1) is 9.74. The maximum Gasteiger partial charge on any atom is 0.119 e. The van der Waals surface area contributed by atoms with Crippen LogP contribution in [0.4, 0.5) is 0 Å². The molecular formula is C16H20BrNO2. The van der Waals surface area contributed by atoms with Crippen molar-refractivity contribution in [2.24, 2.45) is 0 Å². The van der Waals surface area contributed by atoms with Crippen LogP contribution in [-0.2, 0) is 6.42 Å². The summed E-state index contributed by atoms with van der Waals surface area (Å²) in [6.07, 6.45) is 3.63. The van der Waals surface area contributed by atoms with Crippen LogP contribution in [0.3, 0.4) is 0 Å². The van der Waals surface area contributed by atoms with Gasteiger partial charge < -0.3 is 14.5 Å². The molecule has 3 nitrogen and oxygen atoms in total. The van der Waals surface area contributed by atoms with Gasteiger partial charge in [-0.2, -0.15) is 0 Å². The molecule has 0 spiro atoms. The molecule has 0 aliphatic rings. The van der Waals surface area contributed by atoms with Crippen molar-refractivity contribution in [1.82, 2.24) is 5.32 Å². The Hall–Kier alpha value is -1.26. The molecule has 1 N–H and O–H groups in total. The molecule has 0 bridgehead atoms. The van der Waals surface area contributed by atoms with Crippen molar-refractivity contribution in [3.63, 3.8) is 0 Å². The second-order valence-electron chi connectivity index (χ2n) is 4.68. The third-order valence-corrected chi connectivity index (χ3v) is 3.93. The fourth-order valence-corrected chi connectivity index (χ4v) is 2.68. The first kappa shape index (κ1) is 15.1. The first-order valence-electron chi connectivity index (χ1n) is 6.83. The Morgan fingerprint density at radius 2 is 2.20 bits per heavy atom. The Kier molecular flexibility index (Phi) is 5.68. The Bertz CT molecular complexity index is 525. The number of hydrogen-bond acceptors (Lipinski definition) is 3. The molecule has 4 heteroatoms. The maximum absolute atomic E-state index is 5.48. The Morgan fingerprint density at radius 3 is 2.85 bits per heavy atom. The lowest BCUT2D eigenvalue weighted by Crippen LogP contribution is -2.24. The van der Waals surface area contributed by atoms with Crippen molar-refractivity contribution >= 4 is 15.9 Å². The number of hydrogen-bond donors (Lipinski definition) is 1. The van der Waals surface area contributed by atoms with E-state index in [2.05, 4.69) is 34.2 Å². The fraction of sp³-hybridized carbons (Fsp3) is 0.375. The Morgan fingerprint density at radius 1 is 1.35 bits per heavy atom. The van der Waals surface area contributed by atoms with Gasteiger partial charge in [-0.15, -0.1) is 0 Å². The quantitative estimate of drug-likeness (QED) is 0.816. The van der Waals surface area contributed by atoms with Crippen molar-refractivity contribution in [1.29, 1.82) is 0 Å². The summed E-state index contributed by atoms with van der Waals surface area (Å²) < 4.78 is 11.9. The molecule has 108 valence electrons. The zero-order valence-electron chi connectivity index (χ0n) is 11.9. The van der Waals surface area contributed by atoms with Crippen LogP contribution in [0.1, 0.15) is 30.7 Å². The lowest BCUT2D eigenvalue weighted by atomic mass is 10.0. The molecule has 1 unspecified atom stereocenters. The molecule has 0 radical (unpaired) electrons. The number of nitrogens with one attached hydrogen (secondary N) is 1. The van der Waals surface area contributed by atoms with Gasteiger partial charge >= 0.3 is 0 Å². The van der Waals surface area contributed by atoms with Gasteiger partial charge in [0, 0.05) is 16.9 Å². The second-order valence-corrected chi connectivity index (χ2v) is 5.53. The van der Waals surface area contributed by atoms with E-state index in [9.17, 15) is 0 Å². The van der Waals surface area contributed by atoms with E-state index in [0.717, 1.165) is 35.4 Å². The van der Waals surface area contributed by atoms with E-state index in [4.69, 9.17) is 9.15 Å². The third-order valence-electron chi connectivity index (χ3n) is 3.20.